The molecule has 1 aromatic rings. The lowest BCUT2D eigenvalue weighted by molar-refractivity contribution is -0.142. The van der Waals surface area contributed by atoms with E-state index in [0.29, 0.717) is 26.3 Å². The number of hydrogen-bond acceptors (Lipinski definition) is 3. The molecule has 1 aliphatic heterocycles. The van der Waals surface area contributed by atoms with Crippen LogP contribution in [0.5, 0.6) is 5.75 Å². The summed E-state index contributed by atoms with van der Waals surface area (Å²) in [7, 11) is 0. The molecule has 19 heavy (non-hydrogen) atoms. The quantitative estimate of drug-likeness (QED) is 0.836. The van der Waals surface area contributed by atoms with Gasteiger partial charge in [-0.05, 0) is 44.0 Å². The summed E-state index contributed by atoms with van der Waals surface area (Å²) in [6.45, 7) is 8.38. The lowest BCUT2D eigenvalue weighted by Gasteiger charge is -2.29. The van der Waals surface area contributed by atoms with Gasteiger partial charge in [0, 0.05) is 13.1 Å². The standard InChI is InChI=1S/C15H21NO3/c1-11-8-12(2)10-14(9-11)19-13(3)15(17)16-4-6-18-7-5-16/h8-10,13H,4-7H2,1-3H3/t13-/m1/s1. The van der Waals surface area contributed by atoms with E-state index in [0.717, 1.165) is 16.9 Å². The molecule has 2 rings (SSSR count). The normalized spacial score (nSPS) is 17.1. The first-order valence-corrected chi connectivity index (χ1v) is 6.68. The Hall–Kier alpha value is -1.55. The monoisotopic (exact) mass is 263 g/mol. The van der Waals surface area contributed by atoms with Crippen molar-refractivity contribution in [1.29, 1.82) is 0 Å². The Kier molecular flexibility index (Phi) is 4.43. The number of benzene rings is 1. The molecule has 0 saturated carbocycles. The number of ether oxygens (including phenoxy) is 2. The minimum absolute atomic E-state index is 0.0301. The Morgan fingerprint density at radius 2 is 1.79 bits per heavy atom. The highest BCUT2D eigenvalue weighted by molar-refractivity contribution is 5.81. The van der Waals surface area contributed by atoms with Gasteiger partial charge in [-0.3, -0.25) is 4.79 Å². The fourth-order valence-corrected chi connectivity index (χ4v) is 2.30. The number of morpholine rings is 1. The molecule has 1 saturated heterocycles. The molecule has 1 heterocycles. The van der Waals surface area contributed by atoms with Gasteiger partial charge in [-0.1, -0.05) is 6.07 Å². The van der Waals surface area contributed by atoms with Gasteiger partial charge >= 0.3 is 0 Å². The Morgan fingerprint density at radius 3 is 2.37 bits per heavy atom. The van der Waals surface area contributed by atoms with Crippen LogP contribution in [0, 0.1) is 13.8 Å². The summed E-state index contributed by atoms with van der Waals surface area (Å²) in [4.78, 5) is 14.0. The highest BCUT2D eigenvalue weighted by Gasteiger charge is 2.23. The van der Waals surface area contributed by atoms with E-state index in [2.05, 4.69) is 6.07 Å². The van der Waals surface area contributed by atoms with Gasteiger partial charge in [-0.15, -0.1) is 0 Å². The average molecular weight is 263 g/mol. The Labute approximate surface area is 114 Å². The Balaban J connectivity index is 1.99. The van der Waals surface area contributed by atoms with Gasteiger partial charge in [0.2, 0.25) is 0 Å². The minimum atomic E-state index is -0.459. The van der Waals surface area contributed by atoms with Crippen LogP contribution in [0.4, 0.5) is 0 Å². The van der Waals surface area contributed by atoms with Gasteiger partial charge in [0.15, 0.2) is 6.10 Å². The third kappa shape index (κ3) is 3.70. The van der Waals surface area contributed by atoms with Gasteiger partial charge in [-0.2, -0.15) is 0 Å². The maximum atomic E-state index is 12.2. The number of amides is 1. The van der Waals surface area contributed by atoms with Crippen molar-refractivity contribution in [3.05, 3.63) is 29.3 Å². The minimum Gasteiger partial charge on any atom is -0.481 e. The molecule has 0 aromatic heterocycles. The van der Waals surface area contributed by atoms with Crippen LogP contribution in [-0.2, 0) is 9.53 Å². The molecule has 0 radical (unpaired) electrons. The molecule has 4 nitrogen and oxygen atoms in total. The van der Waals surface area contributed by atoms with Crippen molar-refractivity contribution in [2.75, 3.05) is 26.3 Å². The van der Waals surface area contributed by atoms with Crippen LogP contribution in [0.15, 0.2) is 18.2 Å². The molecule has 1 aromatic carbocycles. The van der Waals surface area contributed by atoms with E-state index in [9.17, 15) is 4.79 Å². The zero-order valence-electron chi connectivity index (χ0n) is 11.8. The Bertz CT molecular complexity index is 432. The first-order valence-electron chi connectivity index (χ1n) is 6.68. The molecule has 1 aliphatic rings. The van der Waals surface area contributed by atoms with E-state index in [1.807, 2.05) is 26.0 Å². The average Bonchev–Trinajstić information content (AvgIpc) is 2.37. The number of aryl methyl sites for hydroxylation is 2. The molecule has 0 spiro atoms. The van der Waals surface area contributed by atoms with E-state index in [-0.39, 0.29) is 5.91 Å². The smallest absolute Gasteiger partial charge is 0.263 e. The van der Waals surface area contributed by atoms with E-state index >= 15 is 0 Å². The van der Waals surface area contributed by atoms with Gasteiger partial charge in [0.1, 0.15) is 5.75 Å². The van der Waals surface area contributed by atoms with Crippen LogP contribution in [0.2, 0.25) is 0 Å². The second kappa shape index (κ2) is 6.06. The SMILES string of the molecule is Cc1cc(C)cc(O[C@H](C)C(=O)N2CCOCC2)c1. The van der Waals surface area contributed by atoms with Gasteiger partial charge in [0.25, 0.3) is 5.91 Å². The molecule has 104 valence electrons. The van der Waals surface area contributed by atoms with Crippen molar-refractivity contribution in [2.24, 2.45) is 0 Å². The van der Waals surface area contributed by atoms with Crippen molar-refractivity contribution in [2.45, 2.75) is 26.9 Å². The zero-order valence-corrected chi connectivity index (χ0v) is 11.8. The summed E-state index contributed by atoms with van der Waals surface area (Å²) in [5.74, 6) is 0.786. The largest absolute Gasteiger partial charge is 0.481 e. The van der Waals surface area contributed by atoms with E-state index in [1.54, 1.807) is 11.8 Å². The summed E-state index contributed by atoms with van der Waals surface area (Å²) in [6.07, 6.45) is -0.459. The number of nitrogens with zero attached hydrogens (tertiary/aromatic N) is 1. The lowest BCUT2D eigenvalue weighted by atomic mass is 10.1. The summed E-state index contributed by atoms with van der Waals surface area (Å²) < 4.78 is 11.0. The maximum absolute atomic E-state index is 12.2. The first-order chi connectivity index (χ1) is 9.06. The molecule has 4 heteroatoms. The number of carbonyl (C=O) groups excluding carboxylic acids is 1. The topological polar surface area (TPSA) is 38.8 Å². The maximum Gasteiger partial charge on any atom is 0.263 e. The van der Waals surface area contributed by atoms with Gasteiger partial charge < -0.3 is 14.4 Å². The van der Waals surface area contributed by atoms with Crippen LogP contribution < -0.4 is 4.74 Å². The fourth-order valence-electron chi connectivity index (χ4n) is 2.30. The number of carbonyl (C=O) groups is 1. The lowest BCUT2D eigenvalue weighted by Crippen LogP contribution is -2.46. The molecular formula is C15H21NO3. The number of hydrogen-bond donors (Lipinski definition) is 0. The predicted molar refractivity (Wildman–Crippen MR) is 73.4 cm³/mol. The summed E-state index contributed by atoms with van der Waals surface area (Å²) in [6, 6.07) is 5.99. The zero-order chi connectivity index (χ0) is 13.8. The van der Waals surface area contributed by atoms with Crippen LogP contribution in [0.3, 0.4) is 0 Å². The third-order valence-corrected chi connectivity index (χ3v) is 3.18. The molecule has 0 aliphatic carbocycles. The first kappa shape index (κ1) is 13.9. The van der Waals surface area contributed by atoms with Gasteiger partial charge in [0.05, 0.1) is 13.2 Å². The van der Waals surface area contributed by atoms with Crippen molar-refractivity contribution in [3.8, 4) is 5.75 Å². The molecular weight excluding hydrogens is 242 g/mol. The number of rotatable bonds is 3. The van der Waals surface area contributed by atoms with Gasteiger partial charge in [-0.25, -0.2) is 0 Å². The van der Waals surface area contributed by atoms with Crippen molar-refractivity contribution < 1.29 is 14.3 Å². The second-order valence-corrected chi connectivity index (χ2v) is 5.02. The molecule has 0 N–H and O–H groups in total. The third-order valence-electron chi connectivity index (χ3n) is 3.18. The Morgan fingerprint density at radius 1 is 1.21 bits per heavy atom. The van der Waals surface area contributed by atoms with Crippen molar-refractivity contribution >= 4 is 5.91 Å². The molecule has 0 bridgehead atoms. The molecule has 1 fully saturated rings. The highest BCUT2D eigenvalue weighted by atomic mass is 16.5. The summed E-state index contributed by atoms with van der Waals surface area (Å²) in [5, 5.41) is 0. The van der Waals surface area contributed by atoms with Crippen LogP contribution in [0.1, 0.15) is 18.1 Å². The van der Waals surface area contributed by atoms with Crippen LogP contribution >= 0.6 is 0 Å². The summed E-state index contributed by atoms with van der Waals surface area (Å²) >= 11 is 0. The van der Waals surface area contributed by atoms with Crippen molar-refractivity contribution in [3.63, 3.8) is 0 Å². The molecule has 1 amide bonds. The van der Waals surface area contributed by atoms with E-state index in [4.69, 9.17) is 9.47 Å². The molecule has 0 unspecified atom stereocenters. The summed E-state index contributed by atoms with van der Waals surface area (Å²) in [5.41, 5.74) is 2.28. The van der Waals surface area contributed by atoms with E-state index in [1.165, 1.54) is 0 Å². The van der Waals surface area contributed by atoms with Crippen molar-refractivity contribution in [1.82, 2.24) is 4.90 Å². The van der Waals surface area contributed by atoms with E-state index < -0.39 is 6.10 Å². The fraction of sp³-hybridized carbons (Fsp3) is 0.533. The predicted octanol–water partition coefficient (Wildman–Crippen LogP) is 1.93. The second-order valence-electron chi connectivity index (χ2n) is 5.02. The van der Waals surface area contributed by atoms with Crippen LogP contribution in [0.25, 0.3) is 0 Å². The molecule has 1 atom stereocenters. The highest BCUT2D eigenvalue weighted by Crippen LogP contribution is 2.18. The van der Waals surface area contributed by atoms with Crippen LogP contribution in [-0.4, -0.2) is 43.2 Å².